The minimum atomic E-state index is 0.497. The lowest BCUT2D eigenvalue weighted by atomic mass is 9.93. The Bertz CT molecular complexity index is 435. The number of nitrogens with one attached hydrogen (secondary N) is 1. The molecule has 3 heteroatoms. The molecule has 0 aromatic heterocycles. The zero-order valence-corrected chi connectivity index (χ0v) is 12.4. The van der Waals surface area contributed by atoms with Crippen molar-refractivity contribution in [3.05, 3.63) is 34.9 Å². The summed E-state index contributed by atoms with van der Waals surface area (Å²) in [6.45, 7) is 6.16. The number of hydrogen-bond acceptors (Lipinski definition) is 2. The van der Waals surface area contributed by atoms with Crippen LogP contribution in [-0.2, 0) is 6.42 Å². The smallest absolute Gasteiger partial charge is 0.0438 e. The maximum Gasteiger partial charge on any atom is 0.0438 e. The van der Waals surface area contributed by atoms with E-state index in [1.54, 1.807) is 0 Å². The summed E-state index contributed by atoms with van der Waals surface area (Å²) in [7, 11) is 0. The third kappa shape index (κ3) is 3.13. The van der Waals surface area contributed by atoms with Gasteiger partial charge in [0.05, 0.1) is 0 Å². The molecule has 1 aromatic rings. The van der Waals surface area contributed by atoms with E-state index in [1.807, 2.05) is 12.1 Å². The molecular weight excluding hydrogens is 256 g/mol. The highest BCUT2D eigenvalue weighted by atomic mass is 35.5. The van der Waals surface area contributed by atoms with Gasteiger partial charge in [0.25, 0.3) is 0 Å². The molecule has 1 aromatic carbocycles. The first-order valence-corrected chi connectivity index (χ1v) is 7.82. The van der Waals surface area contributed by atoms with Crippen molar-refractivity contribution in [2.24, 2.45) is 5.92 Å². The highest BCUT2D eigenvalue weighted by Gasteiger charge is 2.34. The van der Waals surface area contributed by atoms with Crippen molar-refractivity contribution in [1.29, 1.82) is 0 Å². The van der Waals surface area contributed by atoms with Gasteiger partial charge in [-0.05, 0) is 56.8 Å². The van der Waals surface area contributed by atoms with E-state index >= 15 is 0 Å². The molecule has 2 aliphatic heterocycles. The van der Waals surface area contributed by atoms with Gasteiger partial charge in [0.2, 0.25) is 0 Å². The van der Waals surface area contributed by atoms with Crippen LogP contribution in [0.1, 0.15) is 25.3 Å². The zero-order chi connectivity index (χ0) is 13.2. The van der Waals surface area contributed by atoms with Crippen LogP contribution in [0.4, 0.5) is 0 Å². The molecule has 0 radical (unpaired) electrons. The van der Waals surface area contributed by atoms with Crippen LogP contribution >= 0.6 is 11.6 Å². The molecule has 2 fully saturated rings. The monoisotopic (exact) mass is 278 g/mol. The highest BCUT2D eigenvalue weighted by molar-refractivity contribution is 6.31. The number of benzene rings is 1. The second kappa shape index (κ2) is 5.82. The Hall–Kier alpha value is -0.570. The van der Waals surface area contributed by atoms with E-state index in [0.717, 1.165) is 17.4 Å². The molecule has 0 amide bonds. The molecule has 0 saturated carbocycles. The van der Waals surface area contributed by atoms with Gasteiger partial charge in [0.1, 0.15) is 0 Å². The van der Waals surface area contributed by atoms with Crippen LogP contribution in [0.2, 0.25) is 5.02 Å². The summed E-state index contributed by atoms with van der Waals surface area (Å²) in [4.78, 5) is 2.60. The predicted molar refractivity (Wildman–Crippen MR) is 80.7 cm³/mol. The standard InChI is InChI=1S/C16H23ClN2/c1-12(10-13-4-2-3-5-15(13)17)18-16-7-9-19-8-6-14(16)11-19/h2-5,12,14,16,18H,6-11H2,1H3. The maximum absolute atomic E-state index is 6.24. The van der Waals surface area contributed by atoms with E-state index in [0.29, 0.717) is 12.1 Å². The molecule has 0 aliphatic carbocycles. The summed E-state index contributed by atoms with van der Waals surface area (Å²) in [6, 6.07) is 9.40. The average molecular weight is 279 g/mol. The fraction of sp³-hybridized carbons (Fsp3) is 0.625. The molecule has 2 bridgehead atoms. The minimum absolute atomic E-state index is 0.497. The molecular formula is C16H23ClN2. The number of halogens is 1. The predicted octanol–water partition coefficient (Wildman–Crippen LogP) is 2.95. The Morgan fingerprint density at radius 3 is 2.95 bits per heavy atom. The quantitative estimate of drug-likeness (QED) is 0.911. The van der Waals surface area contributed by atoms with Crippen LogP contribution in [0.3, 0.4) is 0 Å². The summed E-state index contributed by atoms with van der Waals surface area (Å²) >= 11 is 6.24. The van der Waals surface area contributed by atoms with Crippen molar-refractivity contribution in [3.8, 4) is 0 Å². The van der Waals surface area contributed by atoms with Gasteiger partial charge in [0, 0.05) is 23.7 Å². The average Bonchev–Trinajstić information content (AvgIpc) is 2.79. The van der Waals surface area contributed by atoms with Crippen molar-refractivity contribution in [1.82, 2.24) is 10.2 Å². The SMILES string of the molecule is CC(Cc1ccccc1Cl)NC1CCN2CCC1C2. The van der Waals surface area contributed by atoms with Crippen molar-refractivity contribution in [2.75, 3.05) is 19.6 Å². The summed E-state index contributed by atoms with van der Waals surface area (Å²) in [6.07, 6.45) is 3.70. The van der Waals surface area contributed by atoms with Gasteiger partial charge in [-0.2, -0.15) is 0 Å². The van der Waals surface area contributed by atoms with Crippen LogP contribution in [0.15, 0.2) is 24.3 Å². The summed E-state index contributed by atoms with van der Waals surface area (Å²) in [5.74, 6) is 0.863. The van der Waals surface area contributed by atoms with Gasteiger partial charge >= 0.3 is 0 Å². The first-order chi connectivity index (χ1) is 9.22. The van der Waals surface area contributed by atoms with Crippen molar-refractivity contribution in [2.45, 2.75) is 38.3 Å². The van der Waals surface area contributed by atoms with Crippen molar-refractivity contribution >= 4 is 11.6 Å². The number of nitrogens with zero attached hydrogens (tertiary/aromatic N) is 1. The van der Waals surface area contributed by atoms with Gasteiger partial charge < -0.3 is 10.2 Å². The Labute approximate surface area is 121 Å². The second-order valence-electron chi connectivity index (χ2n) is 6.11. The number of rotatable bonds is 4. The van der Waals surface area contributed by atoms with Crippen LogP contribution in [0.5, 0.6) is 0 Å². The van der Waals surface area contributed by atoms with E-state index in [4.69, 9.17) is 11.6 Å². The van der Waals surface area contributed by atoms with E-state index in [9.17, 15) is 0 Å². The molecule has 1 N–H and O–H groups in total. The van der Waals surface area contributed by atoms with E-state index in [-0.39, 0.29) is 0 Å². The molecule has 2 heterocycles. The lowest BCUT2D eigenvalue weighted by Gasteiger charge is -2.33. The lowest BCUT2D eigenvalue weighted by Crippen LogP contribution is -2.47. The Balaban J connectivity index is 1.56. The zero-order valence-electron chi connectivity index (χ0n) is 11.6. The first-order valence-electron chi connectivity index (χ1n) is 7.44. The Morgan fingerprint density at radius 2 is 2.11 bits per heavy atom. The van der Waals surface area contributed by atoms with E-state index in [1.165, 1.54) is 38.0 Å². The second-order valence-corrected chi connectivity index (χ2v) is 6.51. The molecule has 104 valence electrons. The lowest BCUT2D eigenvalue weighted by molar-refractivity contribution is 0.211. The number of hydrogen-bond donors (Lipinski definition) is 1. The molecule has 4 atom stereocenters. The molecule has 19 heavy (non-hydrogen) atoms. The fourth-order valence-corrected chi connectivity index (χ4v) is 3.80. The third-order valence-electron chi connectivity index (χ3n) is 4.62. The van der Waals surface area contributed by atoms with Crippen molar-refractivity contribution in [3.63, 3.8) is 0 Å². The molecule has 3 rings (SSSR count). The van der Waals surface area contributed by atoms with Gasteiger partial charge in [-0.1, -0.05) is 29.8 Å². The molecule has 4 unspecified atom stereocenters. The minimum Gasteiger partial charge on any atom is -0.311 e. The topological polar surface area (TPSA) is 15.3 Å². The Kier molecular flexibility index (Phi) is 4.11. The first kappa shape index (κ1) is 13.4. The van der Waals surface area contributed by atoms with Gasteiger partial charge in [0.15, 0.2) is 0 Å². The third-order valence-corrected chi connectivity index (χ3v) is 4.99. The summed E-state index contributed by atoms with van der Waals surface area (Å²) < 4.78 is 0. The molecule has 2 saturated heterocycles. The van der Waals surface area contributed by atoms with Crippen molar-refractivity contribution < 1.29 is 0 Å². The highest BCUT2D eigenvalue weighted by Crippen LogP contribution is 2.27. The van der Waals surface area contributed by atoms with Gasteiger partial charge in [-0.15, -0.1) is 0 Å². The van der Waals surface area contributed by atoms with Crippen LogP contribution in [0.25, 0.3) is 0 Å². The maximum atomic E-state index is 6.24. The molecule has 2 aliphatic rings. The molecule has 0 spiro atoms. The van der Waals surface area contributed by atoms with E-state index < -0.39 is 0 Å². The molecule has 2 nitrogen and oxygen atoms in total. The normalized spacial score (nSPS) is 31.4. The number of fused-ring (bicyclic) bond motifs is 2. The van der Waals surface area contributed by atoms with Crippen LogP contribution < -0.4 is 5.32 Å². The summed E-state index contributed by atoms with van der Waals surface area (Å²) in [5.41, 5.74) is 1.26. The van der Waals surface area contributed by atoms with Crippen LogP contribution in [0, 0.1) is 5.92 Å². The van der Waals surface area contributed by atoms with Gasteiger partial charge in [-0.25, -0.2) is 0 Å². The van der Waals surface area contributed by atoms with Crippen LogP contribution in [-0.4, -0.2) is 36.6 Å². The Morgan fingerprint density at radius 1 is 1.32 bits per heavy atom. The van der Waals surface area contributed by atoms with Gasteiger partial charge in [-0.3, -0.25) is 0 Å². The largest absolute Gasteiger partial charge is 0.311 e. The number of piperidine rings is 1. The summed E-state index contributed by atoms with van der Waals surface area (Å²) in [5, 5.41) is 4.73. The fourth-order valence-electron chi connectivity index (χ4n) is 3.59. The van der Waals surface area contributed by atoms with E-state index in [2.05, 4.69) is 29.3 Å².